The van der Waals surface area contributed by atoms with Crippen LogP contribution in [0.15, 0.2) is 30.3 Å². The monoisotopic (exact) mass is 313 g/mol. The highest BCUT2D eigenvalue weighted by molar-refractivity contribution is 7.17. The van der Waals surface area contributed by atoms with Crippen molar-refractivity contribution in [3.8, 4) is 10.4 Å². The van der Waals surface area contributed by atoms with Gasteiger partial charge in [0.25, 0.3) is 5.91 Å². The summed E-state index contributed by atoms with van der Waals surface area (Å²) >= 11 is 1.49. The Labute approximate surface area is 134 Å². The van der Waals surface area contributed by atoms with Crippen LogP contribution in [0, 0.1) is 12.8 Å². The molecule has 3 unspecified atom stereocenters. The van der Waals surface area contributed by atoms with Crippen LogP contribution in [0.3, 0.4) is 0 Å². The van der Waals surface area contributed by atoms with Crippen LogP contribution >= 0.6 is 11.3 Å². The number of carbonyl (C=O) groups excluding carboxylic acids is 1. The van der Waals surface area contributed by atoms with Gasteiger partial charge in [-0.05, 0) is 31.4 Å². The van der Waals surface area contributed by atoms with E-state index in [-0.39, 0.29) is 5.91 Å². The number of nitrogens with one attached hydrogen (secondary N) is 1. The van der Waals surface area contributed by atoms with E-state index in [2.05, 4.69) is 27.3 Å². The molecule has 1 aromatic heterocycles. The van der Waals surface area contributed by atoms with Gasteiger partial charge in [0.05, 0.1) is 10.6 Å². The van der Waals surface area contributed by atoms with Gasteiger partial charge < -0.3 is 10.2 Å². The molecule has 1 amide bonds. The molecule has 4 rings (SSSR count). The first kappa shape index (κ1) is 13.9. The Bertz CT molecular complexity index is 697. The minimum absolute atomic E-state index is 0.0194. The lowest BCUT2D eigenvalue weighted by Gasteiger charge is -2.22. The number of nitrogens with zero attached hydrogens (tertiary/aromatic N) is 2. The largest absolute Gasteiger partial charge is 0.346 e. The van der Waals surface area contributed by atoms with E-state index in [0.29, 0.717) is 17.0 Å². The molecular weight excluding hydrogens is 294 g/mol. The third-order valence-corrected chi connectivity index (χ3v) is 5.88. The van der Waals surface area contributed by atoms with Crippen molar-refractivity contribution >= 4 is 17.2 Å². The number of fused-ring (bicyclic) bond motifs is 2. The molecule has 2 bridgehead atoms. The van der Waals surface area contributed by atoms with Gasteiger partial charge in [-0.25, -0.2) is 4.98 Å². The number of rotatable bonds is 3. The Morgan fingerprint density at radius 2 is 2.14 bits per heavy atom. The summed E-state index contributed by atoms with van der Waals surface area (Å²) in [5, 5.41) is 3.76. The fourth-order valence-electron chi connectivity index (χ4n) is 3.53. The van der Waals surface area contributed by atoms with Crippen LogP contribution < -0.4 is 5.32 Å². The van der Waals surface area contributed by atoms with Crippen LogP contribution in [0.4, 0.5) is 0 Å². The second kappa shape index (κ2) is 5.48. The average Bonchev–Trinajstić information content (AvgIpc) is 3.23. The molecule has 0 spiro atoms. The predicted octanol–water partition coefficient (Wildman–Crippen LogP) is 2.55. The summed E-state index contributed by atoms with van der Waals surface area (Å²) < 4.78 is 0. The van der Waals surface area contributed by atoms with E-state index in [1.165, 1.54) is 24.3 Å². The van der Waals surface area contributed by atoms with Crippen LogP contribution in [0.5, 0.6) is 0 Å². The number of carbonyl (C=O) groups is 1. The molecule has 3 heterocycles. The first-order valence-electron chi connectivity index (χ1n) is 7.77. The molecule has 2 saturated heterocycles. The van der Waals surface area contributed by atoms with E-state index >= 15 is 0 Å². The van der Waals surface area contributed by atoms with Crippen LogP contribution in [-0.2, 0) is 0 Å². The highest BCUT2D eigenvalue weighted by atomic mass is 32.1. The lowest BCUT2D eigenvalue weighted by atomic mass is 10.0. The summed E-state index contributed by atoms with van der Waals surface area (Å²) in [5.41, 5.74) is 2.06. The van der Waals surface area contributed by atoms with Gasteiger partial charge in [-0.3, -0.25) is 4.79 Å². The summed E-state index contributed by atoms with van der Waals surface area (Å²) in [7, 11) is 0. The maximum absolute atomic E-state index is 12.5. The molecule has 2 aliphatic rings. The Kier molecular flexibility index (Phi) is 3.47. The van der Waals surface area contributed by atoms with E-state index < -0.39 is 0 Å². The van der Waals surface area contributed by atoms with Gasteiger partial charge in [0, 0.05) is 19.1 Å². The van der Waals surface area contributed by atoms with Crippen molar-refractivity contribution in [1.29, 1.82) is 0 Å². The van der Waals surface area contributed by atoms with Crippen molar-refractivity contribution in [2.45, 2.75) is 19.4 Å². The van der Waals surface area contributed by atoms with E-state index in [4.69, 9.17) is 0 Å². The van der Waals surface area contributed by atoms with Crippen molar-refractivity contribution in [1.82, 2.24) is 15.2 Å². The Balaban J connectivity index is 1.52. The molecule has 1 aromatic carbocycles. The Hall–Kier alpha value is -1.72. The standard InChI is InChI=1S/C17H19N3OS/c1-11-15(12-5-3-2-4-6-12)22-17(18-11)16(21)19-14-10-20-8-7-13(14)9-20/h2-6,13-14H,7-10H2,1H3,(H,19,21). The molecule has 4 nitrogen and oxygen atoms in total. The molecule has 114 valence electrons. The molecule has 5 heteroatoms. The van der Waals surface area contributed by atoms with E-state index in [0.717, 1.165) is 29.2 Å². The van der Waals surface area contributed by atoms with E-state index in [9.17, 15) is 4.79 Å². The third-order valence-electron chi connectivity index (χ3n) is 4.68. The van der Waals surface area contributed by atoms with Crippen LogP contribution in [-0.4, -0.2) is 41.5 Å². The van der Waals surface area contributed by atoms with Crippen molar-refractivity contribution in [2.24, 2.45) is 5.92 Å². The molecule has 1 N–H and O–H groups in total. The number of thiazole rings is 1. The van der Waals surface area contributed by atoms with Crippen molar-refractivity contribution in [3.63, 3.8) is 0 Å². The maximum Gasteiger partial charge on any atom is 0.280 e. The van der Waals surface area contributed by atoms with Crippen LogP contribution in [0.25, 0.3) is 10.4 Å². The molecule has 3 atom stereocenters. The number of aromatic nitrogens is 1. The zero-order chi connectivity index (χ0) is 15.1. The fraction of sp³-hybridized carbons (Fsp3) is 0.412. The zero-order valence-electron chi connectivity index (χ0n) is 12.6. The normalized spacial score (nSPS) is 26.3. The average molecular weight is 313 g/mol. The molecule has 2 aromatic rings. The van der Waals surface area contributed by atoms with Gasteiger partial charge in [-0.2, -0.15) is 0 Å². The maximum atomic E-state index is 12.5. The summed E-state index contributed by atoms with van der Waals surface area (Å²) in [6.07, 6.45) is 1.21. The minimum atomic E-state index is -0.0194. The number of hydrogen-bond acceptors (Lipinski definition) is 4. The Morgan fingerprint density at radius 1 is 1.32 bits per heavy atom. The van der Waals surface area contributed by atoms with Crippen molar-refractivity contribution in [3.05, 3.63) is 41.0 Å². The SMILES string of the molecule is Cc1nc(C(=O)NC2CN3CCC2C3)sc1-c1ccccc1. The molecule has 0 radical (unpaired) electrons. The van der Waals surface area contributed by atoms with Gasteiger partial charge >= 0.3 is 0 Å². The second-order valence-corrected chi connectivity index (χ2v) is 7.19. The number of piperidine rings is 1. The van der Waals surface area contributed by atoms with Crippen molar-refractivity contribution < 1.29 is 4.79 Å². The van der Waals surface area contributed by atoms with E-state index in [1.54, 1.807) is 0 Å². The minimum Gasteiger partial charge on any atom is -0.346 e. The zero-order valence-corrected chi connectivity index (χ0v) is 13.4. The van der Waals surface area contributed by atoms with Crippen LogP contribution in [0.2, 0.25) is 0 Å². The molecule has 22 heavy (non-hydrogen) atoms. The summed E-state index contributed by atoms with van der Waals surface area (Å²) in [6, 6.07) is 10.4. The quantitative estimate of drug-likeness (QED) is 0.947. The number of benzene rings is 1. The van der Waals surface area contributed by atoms with Gasteiger partial charge in [-0.15, -0.1) is 11.3 Å². The topological polar surface area (TPSA) is 45.2 Å². The smallest absolute Gasteiger partial charge is 0.280 e. The van der Waals surface area contributed by atoms with Gasteiger partial charge in [0.1, 0.15) is 0 Å². The second-order valence-electron chi connectivity index (χ2n) is 6.19. The van der Waals surface area contributed by atoms with E-state index in [1.807, 2.05) is 25.1 Å². The Morgan fingerprint density at radius 3 is 2.82 bits per heavy atom. The molecular formula is C17H19N3OS. The lowest BCUT2D eigenvalue weighted by Crippen LogP contribution is -2.43. The number of hydrogen-bond donors (Lipinski definition) is 1. The van der Waals surface area contributed by atoms with Crippen LogP contribution in [0.1, 0.15) is 21.9 Å². The summed E-state index contributed by atoms with van der Waals surface area (Å²) in [5.74, 6) is 0.604. The lowest BCUT2D eigenvalue weighted by molar-refractivity contribution is 0.0924. The highest BCUT2D eigenvalue weighted by Gasteiger charge is 2.39. The number of amides is 1. The predicted molar refractivity (Wildman–Crippen MR) is 88.1 cm³/mol. The highest BCUT2D eigenvalue weighted by Crippen LogP contribution is 2.31. The van der Waals surface area contributed by atoms with Gasteiger partial charge in [-0.1, -0.05) is 30.3 Å². The molecule has 0 saturated carbocycles. The summed E-state index contributed by atoms with van der Waals surface area (Å²) in [4.78, 5) is 20.5. The summed E-state index contributed by atoms with van der Waals surface area (Å²) in [6.45, 7) is 5.29. The number of aryl methyl sites for hydroxylation is 1. The van der Waals surface area contributed by atoms with Gasteiger partial charge in [0.2, 0.25) is 0 Å². The molecule has 2 aliphatic heterocycles. The molecule has 0 aliphatic carbocycles. The van der Waals surface area contributed by atoms with Gasteiger partial charge in [0.15, 0.2) is 5.01 Å². The third kappa shape index (κ3) is 2.44. The first-order valence-corrected chi connectivity index (χ1v) is 8.58. The fourth-order valence-corrected chi connectivity index (χ4v) is 4.50. The molecule has 2 fully saturated rings. The first-order chi connectivity index (χ1) is 10.7. The van der Waals surface area contributed by atoms with Crippen molar-refractivity contribution in [2.75, 3.05) is 19.6 Å².